The van der Waals surface area contributed by atoms with Gasteiger partial charge in [0.05, 0.1) is 4.90 Å². The van der Waals surface area contributed by atoms with Crippen LogP contribution in [0.4, 0.5) is 0 Å². The second-order valence-corrected chi connectivity index (χ2v) is 8.52. The third-order valence-electron chi connectivity index (χ3n) is 4.47. The van der Waals surface area contributed by atoms with E-state index in [-0.39, 0.29) is 4.90 Å². The van der Waals surface area contributed by atoms with E-state index in [0.29, 0.717) is 12.5 Å². The Balaban J connectivity index is 1.97. The van der Waals surface area contributed by atoms with Gasteiger partial charge < -0.3 is 5.32 Å². The van der Waals surface area contributed by atoms with Crippen LogP contribution in [0.15, 0.2) is 29.2 Å². The molecular formula is C17H25NO3S. The molecule has 4 nitrogen and oxygen atoms in total. The molecule has 0 bridgehead atoms. The molecule has 1 aromatic rings. The Bertz CT molecular complexity index is 601. The normalized spacial score (nSPS) is 17.9. The van der Waals surface area contributed by atoms with E-state index in [0.717, 1.165) is 18.4 Å². The van der Waals surface area contributed by atoms with Gasteiger partial charge in [0, 0.05) is 6.54 Å². The van der Waals surface area contributed by atoms with Gasteiger partial charge in [0.15, 0.2) is 9.84 Å². The van der Waals surface area contributed by atoms with Crippen LogP contribution in [0.5, 0.6) is 0 Å². The molecule has 0 radical (unpaired) electrons. The van der Waals surface area contributed by atoms with E-state index in [1.807, 2.05) is 6.92 Å². The van der Waals surface area contributed by atoms with Crippen molar-refractivity contribution in [1.82, 2.24) is 5.32 Å². The van der Waals surface area contributed by atoms with Crippen LogP contribution in [-0.2, 0) is 14.6 Å². The van der Waals surface area contributed by atoms with Gasteiger partial charge in [-0.25, -0.2) is 8.42 Å². The molecule has 0 spiro atoms. The van der Waals surface area contributed by atoms with Crippen molar-refractivity contribution in [3.05, 3.63) is 29.8 Å². The number of hydrogen-bond donors (Lipinski definition) is 1. The summed E-state index contributed by atoms with van der Waals surface area (Å²) in [5.74, 6) is 0.0955. The standard InChI is InChI=1S/C17H25NO3S/c1-13-8-10-16(11-9-13)22(20,21)14(2)17(19)18-12-15-6-4-3-5-7-15/h8-11,14-15H,3-7,12H2,1-2H3,(H,18,19). The maximum Gasteiger partial charge on any atom is 0.238 e. The third-order valence-corrected chi connectivity index (χ3v) is 6.55. The average Bonchev–Trinajstić information content (AvgIpc) is 2.53. The number of rotatable bonds is 5. The van der Waals surface area contributed by atoms with Crippen LogP contribution in [0.25, 0.3) is 0 Å². The summed E-state index contributed by atoms with van der Waals surface area (Å²) >= 11 is 0. The van der Waals surface area contributed by atoms with Gasteiger partial charge in [-0.05, 0) is 44.7 Å². The zero-order chi connectivity index (χ0) is 16.2. The van der Waals surface area contributed by atoms with Gasteiger partial charge >= 0.3 is 0 Å². The minimum absolute atomic E-state index is 0.207. The molecule has 1 fully saturated rings. The summed E-state index contributed by atoms with van der Waals surface area (Å²) in [5, 5.41) is 1.76. The molecule has 0 heterocycles. The molecule has 1 N–H and O–H groups in total. The number of amides is 1. The highest BCUT2D eigenvalue weighted by Crippen LogP contribution is 2.23. The summed E-state index contributed by atoms with van der Waals surface area (Å²) in [6, 6.07) is 6.63. The Kier molecular flexibility index (Phi) is 5.62. The number of carbonyl (C=O) groups is 1. The van der Waals surface area contributed by atoms with Crippen molar-refractivity contribution in [2.24, 2.45) is 5.92 Å². The lowest BCUT2D eigenvalue weighted by molar-refractivity contribution is -0.120. The van der Waals surface area contributed by atoms with E-state index < -0.39 is 21.0 Å². The predicted molar refractivity (Wildman–Crippen MR) is 87.4 cm³/mol. The first kappa shape index (κ1) is 17.0. The van der Waals surface area contributed by atoms with Crippen molar-refractivity contribution in [3.8, 4) is 0 Å². The molecule has 5 heteroatoms. The Labute approximate surface area is 133 Å². The molecule has 1 amide bonds. The van der Waals surface area contributed by atoms with Gasteiger partial charge in [-0.2, -0.15) is 0 Å². The molecule has 1 aromatic carbocycles. The van der Waals surface area contributed by atoms with Crippen molar-refractivity contribution in [3.63, 3.8) is 0 Å². The van der Waals surface area contributed by atoms with Gasteiger partial charge in [0.1, 0.15) is 5.25 Å². The zero-order valence-corrected chi connectivity index (χ0v) is 14.2. The molecule has 1 aliphatic rings. The number of benzene rings is 1. The van der Waals surface area contributed by atoms with E-state index >= 15 is 0 Å². The Hall–Kier alpha value is -1.36. The van der Waals surface area contributed by atoms with Crippen molar-refractivity contribution < 1.29 is 13.2 Å². The highest BCUT2D eigenvalue weighted by atomic mass is 32.2. The lowest BCUT2D eigenvalue weighted by Crippen LogP contribution is -2.40. The highest BCUT2D eigenvalue weighted by Gasteiger charge is 2.30. The Morgan fingerprint density at radius 1 is 1.18 bits per heavy atom. The van der Waals surface area contributed by atoms with Crippen LogP contribution in [0.2, 0.25) is 0 Å². The molecule has 0 saturated heterocycles. The van der Waals surface area contributed by atoms with E-state index in [2.05, 4.69) is 5.32 Å². The van der Waals surface area contributed by atoms with Crippen molar-refractivity contribution in [2.45, 2.75) is 56.1 Å². The molecule has 1 saturated carbocycles. The summed E-state index contributed by atoms with van der Waals surface area (Å²) in [6.07, 6.45) is 5.93. The van der Waals surface area contributed by atoms with Gasteiger partial charge in [0.25, 0.3) is 0 Å². The zero-order valence-electron chi connectivity index (χ0n) is 13.3. The molecular weight excluding hydrogens is 298 g/mol. The van der Waals surface area contributed by atoms with Crippen LogP contribution in [0.3, 0.4) is 0 Å². The molecule has 22 heavy (non-hydrogen) atoms. The average molecular weight is 323 g/mol. The van der Waals surface area contributed by atoms with E-state index in [9.17, 15) is 13.2 Å². The van der Waals surface area contributed by atoms with Crippen LogP contribution in [0.1, 0.15) is 44.6 Å². The van der Waals surface area contributed by atoms with Gasteiger partial charge in [0.2, 0.25) is 5.91 Å². The van der Waals surface area contributed by atoms with Gasteiger partial charge in [-0.3, -0.25) is 4.79 Å². The number of hydrogen-bond acceptors (Lipinski definition) is 3. The quantitative estimate of drug-likeness (QED) is 0.906. The first-order valence-electron chi connectivity index (χ1n) is 7.99. The summed E-state index contributed by atoms with van der Waals surface area (Å²) < 4.78 is 25.0. The monoisotopic (exact) mass is 323 g/mol. The topological polar surface area (TPSA) is 63.2 Å². The second kappa shape index (κ2) is 7.27. The minimum Gasteiger partial charge on any atom is -0.355 e. The first-order chi connectivity index (χ1) is 10.4. The number of sulfone groups is 1. The van der Waals surface area contributed by atoms with Crippen molar-refractivity contribution >= 4 is 15.7 Å². The maximum atomic E-state index is 12.5. The second-order valence-electron chi connectivity index (χ2n) is 6.25. The molecule has 1 unspecified atom stereocenters. The smallest absolute Gasteiger partial charge is 0.238 e. The van der Waals surface area contributed by atoms with Crippen LogP contribution in [-0.4, -0.2) is 26.1 Å². The summed E-state index contributed by atoms with van der Waals surface area (Å²) in [4.78, 5) is 12.4. The van der Waals surface area contributed by atoms with Crippen molar-refractivity contribution in [2.75, 3.05) is 6.54 Å². The molecule has 2 rings (SSSR count). The van der Waals surface area contributed by atoms with E-state index in [1.54, 1.807) is 24.3 Å². The summed E-state index contributed by atoms with van der Waals surface area (Å²) in [7, 11) is -3.62. The minimum atomic E-state index is -3.62. The fourth-order valence-corrected chi connectivity index (χ4v) is 4.14. The molecule has 1 aliphatic carbocycles. The largest absolute Gasteiger partial charge is 0.355 e. The number of carbonyl (C=O) groups excluding carboxylic acids is 1. The fourth-order valence-electron chi connectivity index (χ4n) is 2.85. The number of nitrogens with one attached hydrogen (secondary N) is 1. The molecule has 0 aliphatic heterocycles. The van der Waals surface area contributed by atoms with E-state index in [1.165, 1.54) is 26.2 Å². The lowest BCUT2D eigenvalue weighted by Gasteiger charge is -2.22. The Morgan fingerprint density at radius 2 is 1.77 bits per heavy atom. The van der Waals surface area contributed by atoms with Crippen LogP contribution in [0, 0.1) is 12.8 Å². The maximum absolute atomic E-state index is 12.5. The Morgan fingerprint density at radius 3 is 2.36 bits per heavy atom. The SMILES string of the molecule is Cc1ccc(S(=O)(=O)C(C)C(=O)NCC2CCCCC2)cc1. The molecule has 122 valence electrons. The summed E-state index contributed by atoms with van der Waals surface area (Å²) in [5.41, 5.74) is 0.994. The number of aryl methyl sites for hydroxylation is 1. The fraction of sp³-hybridized carbons (Fsp3) is 0.588. The van der Waals surface area contributed by atoms with Crippen LogP contribution < -0.4 is 5.32 Å². The molecule has 0 aromatic heterocycles. The molecule has 1 atom stereocenters. The first-order valence-corrected chi connectivity index (χ1v) is 9.54. The summed E-state index contributed by atoms with van der Waals surface area (Å²) in [6.45, 7) is 3.95. The van der Waals surface area contributed by atoms with E-state index in [4.69, 9.17) is 0 Å². The third kappa shape index (κ3) is 4.09. The van der Waals surface area contributed by atoms with Gasteiger partial charge in [-0.1, -0.05) is 37.0 Å². The highest BCUT2D eigenvalue weighted by molar-refractivity contribution is 7.92. The predicted octanol–water partition coefficient (Wildman–Crippen LogP) is 2.85. The van der Waals surface area contributed by atoms with Crippen molar-refractivity contribution in [1.29, 1.82) is 0 Å². The van der Waals surface area contributed by atoms with Gasteiger partial charge in [-0.15, -0.1) is 0 Å². The lowest BCUT2D eigenvalue weighted by atomic mass is 9.89. The van der Waals surface area contributed by atoms with Crippen LogP contribution >= 0.6 is 0 Å².